The van der Waals surface area contributed by atoms with Crippen molar-refractivity contribution < 1.29 is 4.74 Å². The highest BCUT2D eigenvalue weighted by Gasteiger charge is 2.21. The largest absolute Gasteiger partial charge is 0.379 e. The number of rotatable bonds is 6. The number of ether oxygens (including phenoxy) is 1. The quantitative estimate of drug-likeness (QED) is 0.812. The molecule has 1 aromatic rings. The summed E-state index contributed by atoms with van der Waals surface area (Å²) in [7, 11) is 2.15. The maximum Gasteiger partial charge on any atom is 0.0670 e. The molecule has 0 amide bonds. The molecule has 1 fully saturated rings. The van der Waals surface area contributed by atoms with E-state index in [2.05, 4.69) is 58.3 Å². The third-order valence-corrected chi connectivity index (χ3v) is 4.24. The molecular formula is C15H23BrN2O. The summed E-state index contributed by atoms with van der Waals surface area (Å²) in [6.45, 7) is 5.90. The highest BCUT2D eigenvalue weighted by molar-refractivity contribution is 9.10. The van der Waals surface area contributed by atoms with Crippen molar-refractivity contribution in [2.75, 3.05) is 31.7 Å². The molecule has 0 aliphatic carbocycles. The van der Waals surface area contributed by atoms with Crippen LogP contribution in [0, 0.1) is 0 Å². The summed E-state index contributed by atoms with van der Waals surface area (Å²) >= 11 is 3.69. The first-order valence-corrected chi connectivity index (χ1v) is 7.81. The molecule has 1 atom stereocenters. The number of nitrogens with one attached hydrogen (secondary N) is 1. The van der Waals surface area contributed by atoms with Crippen LogP contribution in [0.1, 0.15) is 25.3 Å². The lowest BCUT2D eigenvalue weighted by molar-refractivity contribution is 0.193. The van der Waals surface area contributed by atoms with Crippen molar-refractivity contribution in [2.45, 2.75) is 32.4 Å². The molecule has 0 saturated carbocycles. The second-order valence-electron chi connectivity index (χ2n) is 5.09. The van der Waals surface area contributed by atoms with Gasteiger partial charge in [0, 0.05) is 24.7 Å². The molecule has 0 aromatic heterocycles. The van der Waals surface area contributed by atoms with Gasteiger partial charge in [0.1, 0.15) is 0 Å². The zero-order chi connectivity index (χ0) is 13.7. The van der Waals surface area contributed by atoms with Gasteiger partial charge in [-0.2, -0.15) is 0 Å². The van der Waals surface area contributed by atoms with Crippen LogP contribution in [0.3, 0.4) is 0 Å². The van der Waals surface area contributed by atoms with Gasteiger partial charge in [-0.25, -0.2) is 0 Å². The molecule has 4 heteroatoms. The van der Waals surface area contributed by atoms with Gasteiger partial charge in [0.2, 0.25) is 0 Å². The standard InChI is InChI=1S/C15H23BrN2O/c1-3-7-17-10-12-4-5-15(14(16)9-12)18(2)13-6-8-19-11-13/h4-5,9,13,17H,3,6-8,10-11H2,1-2H3. The summed E-state index contributed by atoms with van der Waals surface area (Å²) in [4.78, 5) is 2.32. The number of hydrogen-bond donors (Lipinski definition) is 1. The Balaban J connectivity index is 2.01. The van der Waals surface area contributed by atoms with E-state index in [0.717, 1.165) is 37.2 Å². The number of nitrogens with zero attached hydrogens (tertiary/aromatic N) is 1. The Morgan fingerprint density at radius 2 is 2.32 bits per heavy atom. The van der Waals surface area contributed by atoms with Gasteiger partial charge in [-0.1, -0.05) is 13.0 Å². The molecule has 1 aliphatic heterocycles. The Morgan fingerprint density at radius 1 is 1.47 bits per heavy atom. The van der Waals surface area contributed by atoms with Crippen molar-refractivity contribution in [1.29, 1.82) is 0 Å². The molecule has 1 saturated heterocycles. The van der Waals surface area contributed by atoms with E-state index in [9.17, 15) is 0 Å². The van der Waals surface area contributed by atoms with E-state index in [4.69, 9.17) is 4.74 Å². The Morgan fingerprint density at radius 3 is 2.95 bits per heavy atom. The van der Waals surface area contributed by atoms with Gasteiger partial charge in [0.05, 0.1) is 18.3 Å². The van der Waals surface area contributed by atoms with Crippen LogP contribution in [-0.2, 0) is 11.3 Å². The second-order valence-corrected chi connectivity index (χ2v) is 5.95. The lowest BCUT2D eigenvalue weighted by Crippen LogP contribution is -2.32. The normalized spacial score (nSPS) is 18.8. The topological polar surface area (TPSA) is 24.5 Å². The molecule has 0 bridgehead atoms. The van der Waals surface area contributed by atoms with Gasteiger partial charge in [0.15, 0.2) is 0 Å². The van der Waals surface area contributed by atoms with Crippen molar-refractivity contribution in [3.8, 4) is 0 Å². The fourth-order valence-corrected chi connectivity index (χ4v) is 3.09. The fourth-order valence-electron chi connectivity index (χ4n) is 2.38. The van der Waals surface area contributed by atoms with Gasteiger partial charge in [-0.15, -0.1) is 0 Å². The predicted molar refractivity (Wildman–Crippen MR) is 83.8 cm³/mol. The SMILES string of the molecule is CCCNCc1ccc(N(C)C2CCOC2)c(Br)c1. The van der Waals surface area contributed by atoms with E-state index < -0.39 is 0 Å². The third-order valence-electron chi connectivity index (χ3n) is 3.60. The van der Waals surface area contributed by atoms with E-state index in [-0.39, 0.29) is 0 Å². The maximum atomic E-state index is 5.46. The average molecular weight is 327 g/mol. The van der Waals surface area contributed by atoms with E-state index in [1.54, 1.807) is 0 Å². The van der Waals surface area contributed by atoms with Crippen LogP contribution in [0.5, 0.6) is 0 Å². The molecule has 1 aromatic carbocycles. The zero-order valence-electron chi connectivity index (χ0n) is 11.8. The predicted octanol–water partition coefficient (Wildman–Crippen LogP) is 3.17. The highest BCUT2D eigenvalue weighted by Crippen LogP contribution is 2.29. The summed E-state index contributed by atoms with van der Waals surface area (Å²) < 4.78 is 6.63. The van der Waals surface area contributed by atoms with Crippen molar-refractivity contribution >= 4 is 21.6 Å². The van der Waals surface area contributed by atoms with Gasteiger partial charge < -0.3 is 15.0 Å². The summed E-state index contributed by atoms with van der Waals surface area (Å²) in [5, 5.41) is 3.43. The van der Waals surface area contributed by atoms with Crippen LogP contribution in [0.4, 0.5) is 5.69 Å². The monoisotopic (exact) mass is 326 g/mol. The minimum atomic E-state index is 0.500. The third kappa shape index (κ3) is 3.94. The maximum absolute atomic E-state index is 5.46. The molecule has 0 spiro atoms. The van der Waals surface area contributed by atoms with Crippen molar-refractivity contribution in [3.63, 3.8) is 0 Å². The first-order valence-electron chi connectivity index (χ1n) is 7.02. The average Bonchev–Trinajstić information content (AvgIpc) is 2.92. The van der Waals surface area contributed by atoms with Crippen molar-refractivity contribution in [1.82, 2.24) is 5.32 Å². The Labute approximate surface area is 124 Å². The molecule has 1 heterocycles. The molecule has 2 rings (SSSR count). The Kier molecular flexibility index (Phi) is 5.67. The van der Waals surface area contributed by atoms with Crippen LogP contribution in [0.15, 0.2) is 22.7 Å². The lowest BCUT2D eigenvalue weighted by Gasteiger charge is -2.26. The summed E-state index contributed by atoms with van der Waals surface area (Å²) in [6.07, 6.45) is 2.28. The lowest BCUT2D eigenvalue weighted by atomic mass is 10.1. The minimum absolute atomic E-state index is 0.500. The van der Waals surface area contributed by atoms with E-state index >= 15 is 0 Å². The molecule has 1 N–H and O–H groups in total. The second kappa shape index (κ2) is 7.27. The summed E-state index contributed by atoms with van der Waals surface area (Å²) in [6, 6.07) is 7.12. The summed E-state index contributed by atoms with van der Waals surface area (Å²) in [5.74, 6) is 0. The van der Waals surface area contributed by atoms with Gasteiger partial charge in [0.25, 0.3) is 0 Å². The van der Waals surface area contributed by atoms with E-state index in [1.807, 2.05) is 0 Å². The fraction of sp³-hybridized carbons (Fsp3) is 0.600. The van der Waals surface area contributed by atoms with Crippen LogP contribution >= 0.6 is 15.9 Å². The number of benzene rings is 1. The van der Waals surface area contributed by atoms with Gasteiger partial charge >= 0.3 is 0 Å². The highest BCUT2D eigenvalue weighted by atomic mass is 79.9. The van der Waals surface area contributed by atoms with Crippen molar-refractivity contribution in [3.05, 3.63) is 28.2 Å². The number of likely N-dealkylation sites (N-methyl/N-ethyl adjacent to an activating group) is 1. The number of halogens is 1. The summed E-state index contributed by atoms with van der Waals surface area (Å²) in [5.41, 5.74) is 2.56. The van der Waals surface area contributed by atoms with E-state index in [1.165, 1.54) is 17.7 Å². The minimum Gasteiger partial charge on any atom is -0.379 e. The molecule has 1 aliphatic rings. The van der Waals surface area contributed by atoms with Crippen molar-refractivity contribution in [2.24, 2.45) is 0 Å². The van der Waals surface area contributed by atoms with Crippen LogP contribution in [0.25, 0.3) is 0 Å². The first-order chi connectivity index (χ1) is 9.22. The molecule has 3 nitrogen and oxygen atoms in total. The first kappa shape index (κ1) is 14.8. The van der Waals surface area contributed by atoms with Gasteiger partial charge in [-0.3, -0.25) is 0 Å². The van der Waals surface area contributed by atoms with E-state index in [0.29, 0.717) is 6.04 Å². The molecule has 19 heavy (non-hydrogen) atoms. The molecule has 106 valence electrons. The van der Waals surface area contributed by atoms with Crippen LogP contribution in [0.2, 0.25) is 0 Å². The van der Waals surface area contributed by atoms with Crippen LogP contribution < -0.4 is 10.2 Å². The zero-order valence-corrected chi connectivity index (χ0v) is 13.4. The molecule has 1 unspecified atom stereocenters. The Bertz CT molecular complexity index is 405. The van der Waals surface area contributed by atoms with Gasteiger partial charge in [-0.05, 0) is 53.0 Å². The van der Waals surface area contributed by atoms with Crippen LogP contribution in [-0.4, -0.2) is 32.8 Å². The number of anilines is 1. The molecule has 0 radical (unpaired) electrons. The molecular weight excluding hydrogens is 304 g/mol. The smallest absolute Gasteiger partial charge is 0.0670 e. The number of hydrogen-bond acceptors (Lipinski definition) is 3. The Hall–Kier alpha value is -0.580.